The molecule has 0 amide bonds. The van der Waals surface area contributed by atoms with Gasteiger partial charge in [0.2, 0.25) is 0 Å². The molecule has 7 heteroatoms. The molecule has 0 aromatic heterocycles. The van der Waals surface area contributed by atoms with E-state index in [9.17, 15) is 0 Å². The molecule has 1 saturated heterocycles. The molecule has 1 aromatic carbocycles. The summed E-state index contributed by atoms with van der Waals surface area (Å²) in [6, 6.07) is 6.13. The first kappa shape index (κ1) is 22.7. The molecule has 3 rings (SSSR count). The second-order valence-electron chi connectivity index (χ2n) is 8.06. The second kappa shape index (κ2) is 12.0. The highest BCUT2D eigenvalue weighted by molar-refractivity contribution is 5.80. The zero-order valence-corrected chi connectivity index (χ0v) is 18.6. The van der Waals surface area contributed by atoms with Gasteiger partial charge in [-0.25, -0.2) is 4.99 Å². The maximum Gasteiger partial charge on any atom is 0.191 e. The number of hydrogen-bond acceptors (Lipinski definition) is 5. The van der Waals surface area contributed by atoms with Gasteiger partial charge in [-0.15, -0.1) is 0 Å². The molecule has 0 spiro atoms. The Morgan fingerprint density at radius 3 is 2.77 bits per heavy atom. The van der Waals surface area contributed by atoms with E-state index in [0.29, 0.717) is 25.9 Å². The molecule has 2 N–H and O–H groups in total. The Morgan fingerprint density at radius 1 is 1.23 bits per heavy atom. The van der Waals surface area contributed by atoms with Crippen molar-refractivity contribution in [3.05, 3.63) is 23.8 Å². The van der Waals surface area contributed by atoms with E-state index in [4.69, 9.17) is 23.9 Å². The van der Waals surface area contributed by atoms with Crippen molar-refractivity contribution in [2.45, 2.75) is 70.7 Å². The summed E-state index contributed by atoms with van der Waals surface area (Å²) in [6.45, 7) is 7.61. The summed E-state index contributed by atoms with van der Waals surface area (Å²) < 4.78 is 23.0. The molecule has 30 heavy (non-hydrogen) atoms. The van der Waals surface area contributed by atoms with Gasteiger partial charge in [0, 0.05) is 30.8 Å². The fourth-order valence-corrected chi connectivity index (χ4v) is 3.77. The maximum absolute atomic E-state index is 6.30. The van der Waals surface area contributed by atoms with Crippen molar-refractivity contribution >= 4 is 5.96 Å². The summed E-state index contributed by atoms with van der Waals surface area (Å²) in [5.74, 6) is 2.46. The van der Waals surface area contributed by atoms with Gasteiger partial charge >= 0.3 is 0 Å². The monoisotopic (exact) mass is 419 g/mol. The molecule has 1 aromatic rings. The summed E-state index contributed by atoms with van der Waals surface area (Å²) in [5.41, 5.74) is 1.06. The molecule has 1 saturated carbocycles. The molecular formula is C23H37N3O4. The molecule has 1 heterocycles. The van der Waals surface area contributed by atoms with Crippen LogP contribution in [0.3, 0.4) is 0 Å². The van der Waals surface area contributed by atoms with Gasteiger partial charge in [0.1, 0.15) is 11.5 Å². The van der Waals surface area contributed by atoms with E-state index in [-0.39, 0.29) is 12.1 Å². The van der Waals surface area contributed by atoms with E-state index in [1.165, 1.54) is 12.8 Å². The maximum atomic E-state index is 6.30. The van der Waals surface area contributed by atoms with E-state index in [2.05, 4.69) is 24.5 Å². The van der Waals surface area contributed by atoms with Gasteiger partial charge in [0.05, 0.1) is 39.1 Å². The third-order valence-electron chi connectivity index (χ3n) is 5.47. The van der Waals surface area contributed by atoms with Crippen molar-refractivity contribution in [3.8, 4) is 11.5 Å². The van der Waals surface area contributed by atoms with Crippen molar-refractivity contribution in [1.82, 2.24) is 10.6 Å². The lowest BCUT2D eigenvalue weighted by Crippen LogP contribution is -2.44. The average Bonchev–Trinajstić information content (AvgIpc) is 3.45. The number of rotatable bonds is 10. The molecule has 0 radical (unpaired) electrons. The van der Waals surface area contributed by atoms with Gasteiger partial charge in [-0.3, -0.25) is 0 Å². The highest BCUT2D eigenvalue weighted by Gasteiger charge is 2.19. The highest BCUT2D eigenvalue weighted by atomic mass is 16.5. The summed E-state index contributed by atoms with van der Waals surface area (Å²) in [5, 5.41) is 6.75. The van der Waals surface area contributed by atoms with Crippen molar-refractivity contribution in [2.24, 2.45) is 4.99 Å². The molecular weight excluding hydrogens is 382 g/mol. The largest absolute Gasteiger partial charge is 0.497 e. The normalized spacial score (nSPS) is 20.9. The molecule has 168 valence electrons. The number of nitrogens with one attached hydrogen (secondary N) is 2. The molecule has 2 unspecified atom stereocenters. The predicted octanol–water partition coefficient (Wildman–Crippen LogP) is 3.27. The third-order valence-corrected chi connectivity index (χ3v) is 5.47. The number of guanidine groups is 1. The van der Waals surface area contributed by atoms with E-state index >= 15 is 0 Å². The van der Waals surface area contributed by atoms with Crippen LogP contribution in [0.15, 0.2) is 23.2 Å². The van der Waals surface area contributed by atoms with E-state index < -0.39 is 0 Å². The topological polar surface area (TPSA) is 73.3 Å². The van der Waals surface area contributed by atoms with E-state index in [0.717, 1.165) is 55.4 Å². The second-order valence-corrected chi connectivity index (χ2v) is 8.06. The van der Waals surface area contributed by atoms with E-state index in [1.807, 2.05) is 18.2 Å². The molecule has 7 nitrogen and oxygen atoms in total. The lowest BCUT2D eigenvalue weighted by atomic mass is 10.2. The van der Waals surface area contributed by atoms with Gasteiger partial charge < -0.3 is 29.6 Å². The number of benzene rings is 1. The van der Waals surface area contributed by atoms with E-state index in [1.54, 1.807) is 7.11 Å². The van der Waals surface area contributed by atoms with Crippen molar-refractivity contribution in [3.63, 3.8) is 0 Å². The first-order valence-corrected chi connectivity index (χ1v) is 11.3. The average molecular weight is 420 g/mol. The van der Waals surface area contributed by atoms with Gasteiger partial charge in [-0.05, 0) is 58.1 Å². The first-order chi connectivity index (χ1) is 14.7. The summed E-state index contributed by atoms with van der Waals surface area (Å²) in [6.07, 6.45) is 6.20. The van der Waals surface area contributed by atoms with Gasteiger partial charge in [-0.1, -0.05) is 0 Å². The van der Waals surface area contributed by atoms with Gasteiger partial charge in [0.25, 0.3) is 0 Å². The van der Waals surface area contributed by atoms with Crippen LogP contribution < -0.4 is 20.1 Å². The van der Waals surface area contributed by atoms with Crippen molar-refractivity contribution < 1.29 is 18.9 Å². The number of aliphatic imine (C=N–C) groups is 1. The highest BCUT2D eigenvalue weighted by Crippen LogP contribution is 2.30. The van der Waals surface area contributed by atoms with Crippen LogP contribution in [0.2, 0.25) is 0 Å². The van der Waals surface area contributed by atoms with Crippen LogP contribution >= 0.6 is 0 Å². The lowest BCUT2D eigenvalue weighted by molar-refractivity contribution is 0.0347. The Balaban J connectivity index is 1.60. The minimum atomic E-state index is 0.147. The van der Waals surface area contributed by atoms with Gasteiger partial charge in [0.15, 0.2) is 5.96 Å². The first-order valence-electron chi connectivity index (χ1n) is 11.3. The molecule has 1 aliphatic carbocycles. The Morgan fingerprint density at radius 2 is 2.07 bits per heavy atom. The fraction of sp³-hybridized carbons (Fsp3) is 0.696. The third kappa shape index (κ3) is 7.06. The number of hydrogen-bond donors (Lipinski definition) is 2. The minimum absolute atomic E-state index is 0.147. The lowest BCUT2D eigenvalue weighted by Gasteiger charge is -2.20. The molecule has 0 bridgehead atoms. The van der Waals surface area contributed by atoms with Crippen LogP contribution in [0.1, 0.15) is 51.5 Å². The number of ether oxygens (including phenoxy) is 4. The SMILES string of the molecule is CCNC(=NCc1ccc(OC)cc1OC1CCCC1)NC(C)COC1CCOC1. The van der Waals surface area contributed by atoms with Crippen LogP contribution in [-0.4, -0.2) is 57.7 Å². The van der Waals surface area contributed by atoms with Crippen LogP contribution in [-0.2, 0) is 16.0 Å². The van der Waals surface area contributed by atoms with Crippen molar-refractivity contribution in [2.75, 3.05) is 33.5 Å². The van der Waals surface area contributed by atoms with Gasteiger partial charge in [-0.2, -0.15) is 0 Å². The Bertz CT molecular complexity index is 670. The molecule has 2 fully saturated rings. The Labute approximate surface area is 180 Å². The summed E-state index contributed by atoms with van der Waals surface area (Å²) >= 11 is 0. The Kier molecular flexibility index (Phi) is 9.08. The number of methoxy groups -OCH3 is 1. The van der Waals surface area contributed by atoms with Crippen LogP contribution in [0, 0.1) is 0 Å². The van der Waals surface area contributed by atoms with Crippen LogP contribution in [0.5, 0.6) is 11.5 Å². The molecule has 2 aliphatic rings. The number of nitrogens with zero attached hydrogens (tertiary/aromatic N) is 1. The molecule has 2 atom stereocenters. The zero-order valence-electron chi connectivity index (χ0n) is 18.6. The van der Waals surface area contributed by atoms with Crippen molar-refractivity contribution in [1.29, 1.82) is 0 Å². The Hall–Kier alpha value is -1.99. The fourth-order valence-electron chi connectivity index (χ4n) is 3.77. The smallest absolute Gasteiger partial charge is 0.191 e. The van der Waals surface area contributed by atoms with Crippen LogP contribution in [0.4, 0.5) is 0 Å². The predicted molar refractivity (Wildman–Crippen MR) is 118 cm³/mol. The zero-order chi connectivity index (χ0) is 21.2. The quantitative estimate of drug-likeness (QED) is 0.448. The standard InChI is InChI=1S/C23H37N3O4/c1-4-24-23(26-17(2)15-29-21-11-12-28-16-21)25-14-18-9-10-20(27-3)13-22(18)30-19-7-5-6-8-19/h9-10,13,17,19,21H,4-8,11-12,14-16H2,1-3H3,(H2,24,25,26). The molecule has 1 aliphatic heterocycles. The summed E-state index contributed by atoms with van der Waals surface area (Å²) in [7, 11) is 1.68. The summed E-state index contributed by atoms with van der Waals surface area (Å²) in [4.78, 5) is 4.79. The minimum Gasteiger partial charge on any atom is -0.497 e. The van der Waals surface area contributed by atoms with Crippen LogP contribution in [0.25, 0.3) is 0 Å².